The van der Waals surface area contributed by atoms with Gasteiger partial charge in [-0.1, -0.05) is 0 Å². The first kappa shape index (κ1) is 24.6. The van der Waals surface area contributed by atoms with E-state index in [1.165, 1.54) is 14.0 Å². The molecule has 0 saturated carbocycles. The van der Waals surface area contributed by atoms with Crippen molar-refractivity contribution in [2.24, 2.45) is 0 Å². The van der Waals surface area contributed by atoms with Gasteiger partial charge in [0.1, 0.15) is 23.5 Å². The minimum Gasteiger partial charge on any atom is -0.488 e. The van der Waals surface area contributed by atoms with E-state index >= 15 is 0 Å². The number of carbonyl (C=O) groups is 3. The highest BCUT2D eigenvalue weighted by Crippen LogP contribution is 2.42. The molecule has 1 aliphatic rings. The van der Waals surface area contributed by atoms with Crippen LogP contribution in [0.1, 0.15) is 33.3 Å². The van der Waals surface area contributed by atoms with Crippen molar-refractivity contribution in [3.63, 3.8) is 0 Å². The van der Waals surface area contributed by atoms with Gasteiger partial charge in [-0.25, -0.2) is 9.59 Å². The molecule has 9 heteroatoms. The van der Waals surface area contributed by atoms with Crippen LogP contribution in [0.4, 0.5) is 5.69 Å². The van der Waals surface area contributed by atoms with Crippen LogP contribution in [0, 0.1) is 0 Å². The lowest BCUT2D eigenvalue weighted by molar-refractivity contribution is -0.164. The maximum absolute atomic E-state index is 13.3. The highest BCUT2D eigenvalue weighted by molar-refractivity contribution is 6.70. The molecule has 0 aliphatic carbocycles. The zero-order valence-electron chi connectivity index (χ0n) is 19.4. The molecule has 2 rings (SSSR count). The van der Waals surface area contributed by atoms with Crippen LogP contribution in [0.5, 0.6) is 0 Å². The fourth-order valence-corrected chi connectivity index (χ4v) is 4.48. The van der Waals surface area contributed by atoms with E-state index in [-0.39, 0.29) is 23.8 Å². The van der Waals surface area contributed by atoms with Crippen LogP contribution >= 0.6 is 0 Å². The zero-order chi connectivity index (χ0) is 23.6. The van der Waals surface area contributed by atoms with E-state index in [1.807, 2.05) is 19.6 Å². The SMILES string of the molecule is COC(=O)C1(O[Si](C)(C)C)COC(c2ccc(NC(C)=O)cc2)=C1C(=O)OC(C)(C)C. The van der Waals surface area contributed by atoms with E-state index in [2.05, 4.69) is 5.32 Å². The Kier molecular flexibility index (Phi) is 7.02. The first-order valence-corrected chi connectivity index (χ1v) is 13.4. The van der Waals surface area contributed by atoms with Crippen LogP contribution in [-0.4, -0.2) is 51.1 Å². The van der Waals surface area contributed by atoms with E-state index in [0.717, 1.165) is 0 Å². The molecule has 1 atom stereocenters. The number of benzene rings is 1. The molecule has 0 aromatic heterocycles. The molecular weight excluding hydrogens is 418 g/mol. The molecule has 1 aromatic carbocycles. The summed E-state index contributed by atoms with van der Waals surface area (Å²) in [6, 6.07) is 6.73. The van der Waals surface area contributed by atoms with E-state index in [4.69, 9.17) is 18.6 Å². The second-order valence-corrected chi connectivity index (χ2v) is 13.7. The van der Waals surface area contributed by atoms with Gasteiger partial charge in [-0.05, 0) is 64.7 Å². The van der Waals surface area contributed by atoms with Crippen molar-refractivity contribution in [1.29, 1.82) is 0 Å². The summed E-state index contributed by atoms with van der Waals surface area (Å²) in [5, 5.41) is 2.68. The monoisotopic (exact) mass is 449 g/mol. The van der Waals surface area contributed by atoms with Gasteiger partial charge in [-0.2, -0.15) is 0 Å². The van der Waals surface area contributed by atoms with Crippen molar-refractivity contribution < 1.29 is 33.0 Å². The Morgan fingerprint density at radius 3 is 2.13 bits per heavy atom. The number of methoxy groups -OCH3 is 1. The Hall–Kier alpha value is -2.65. The van der Waals surface area contributed by atoms with Crippen LogP contribution in [0.25, 0.3) is 5.76 Å². The third kappa shape index (κ3) is 5.95. The van der Waals surface area contributed by atoms with Crippen molar-refractivity contribution in [3.8, 4) is 0 Å². The molecule has 1 unspecified atom stereocenters. The lowest BCUT2D eigenvalue weighted by Gasteiger charge is -2.34. The number of rotatable bonds is 6. The smallest absolute Gasteiger partial charge is 0.345 e. The number of carbonyl (C=O) groups excluding carboxylic acids is 3. The van der Waals surface area contributed by atoms with Gasteiger partial charge in [0.25, 0.3) is 0 Å². The molecule has 170 valence electrons. The Morgan fingerprint density at radius 1 is 1.10 bits per heavy atom. The second-order valence-electron chi connectivity index (χ2n) is 9.29. The predicted octanol–water partition coefficient (Wildman–Crippen LogP) is 3.49. The molecule has 1 aliphatic heterocycles. The Morgan fingerprint density at radius 2 is 1.68 bits per heavy atom. The average Bonchev–Trinajstić information content (AvgIpc) is 2.98. The van der Waals surface area contributed by atoms with Gasteiger partial charge in [0.2, 0.25) is 11.5 Å². The summed E-state index contributed by atoms with van der Waals surface area (Å²) in [7, 11) is -1.11. The molecule has 1 heterocycles. The van der Waals surface area contributed by atoms with Crippen LogP contribution in [0.15, 0.2) is 29.8 Å². The quantitative estimate of drug-likeness (QED) is 0.524. The number of esters is 2. The van der Waals surface area contributed by atoms with Gasteiger partial charge in [-0.3, -0.25) is 4.79 Å². The van der Waals surface area contributed by atoms with Crippen molar-refractivity contribution in [1.82, 2.24) is 0 Å². The molecule has 31 heavy (non-hydrogen) atoms. The summed E-state index contributed by atoms with van der Waals surface area (Å²) < 4.78 is 22.8. The number of ether oxygens (including phenoxy) is 3. The first-order valence-electron chi connectivity index (χ1n) is 9.96. The second kappa shape index (κ2) is 8.84. The molecule has 1 amide bonds. The van der Waals surface area contributed by atoms with Crippen molar-refractivity contribution >= 4 is 37.6 Å². The Balaban J connectivity index is 2.67. The topological polar surface area (TPSA) is 100 Å². The van der Waals surface area contributed by atoms with Gasteiger partial charge >= 0.3 is 11.9 Å². The minimum atomic E-state index is -2.35. The predicted molar refractivity (Wildman–Crippen MR) is 119 cm³/mol. The molecule has 1 N–H and O–H groups in total. The van der Waals surface area contributed by atoms with Crippen molar-refractivity contribution in [2.45, 2.75) is 58.5 Å². The standard InChI is InChI=1S/C22H31NO7Si/c1-14(24)23-16-11-9-15(10-12-16)18-17(19(25)29-21(2,3)4)22(13-28-18,20(26)27-5)30-31(6,7)8/h9-12H,13H2,1-8H3,(H,23,24). The van der Waals surface area contributed by atoms with Crippen LogP contribution in [-0.2, 0) is 33.0 Å². The molecule has 1 aromatic rings. The Labute approximate surface area is 184 Å². The third-order valence-corrected chi connectivity index (χ3v) is 5.08. The summed E-state index contributed by atoms with van der Waals surface area (Å²) in [4.78, 5) is 37.5. The van der Waals surface area contributed by atoms with E-state index < -0.39 is 31.5 Å². The zero-order valence-corrected chi connectivity index (χ0v) is 20.4. The normalized spacial score (nSPS) is 19.0. The lowest BCUT2D eigenvalue weighted by atomic mass is 9.93. The van der Waals surface area contributed by atoms with E-state index in [0.29, 0.717) is 11.3 Å². The summed E-state index contributed by atoms with van der Waals surface area (Å²) in [5.74, 6) is -1.45. The first-order chi connectivity index (χ1) is 14.2. The summed E-state index contributed by atoms with van der Waals surface area (Å²) in [6.07, 6.45) is 0. The highest BCUT2D eigenvalue weighted by Gasteiger charge is 2.57. The number of nitrogens with one attached hydrogen (secondary N) is 1. The molecular formula is C22H31NO7Si. The largest absolute Gasteiger partial charge is 0.488 e. The maximum atomic E-state index is 13.3. The van der Waals surface area contributed by atoms with Crippen molar-refractivity contribution in [2.75, 3.05) is 19.0 Å². The molecule has 0 bridgehead atoms. The molecule has 8 nitrogen and oxygen atoms in total. The fourth-order valence-electron chi connectivity index (χ4n) is 3.19. The number of hydrogen-bond acceptors (Lipinski definition) is 7. The van der Waals surface area contributed by atoms with Gasteiger partial charge in [0, 0.05) is 18.2 Å². The van der Waals surface area contributed by atoms with Crippen LogP contribution in [0.2, 0.25) is 19.6 Å². The summed E-state index contributed by atoms with van der Waals surface area (Å²) >= 11 is 0. The van der Waals surface area contributed by atoms with Crippen LogP contribution < -0.4 is 5.32 Å². The average molecular weight is 450 g/mol. The molecule has 0 spiro atoms. The van der Waals surface area contributed by atoms with Crippen molar-refractivity contribution in [3.05, 3.63) is 35.4 Å². The molecule has 0 fully saturated rings. The minimum absolute atomic E-state index is 0.0241. The molecule has 0 saturated heterocycles. The number of anilines is 1. The number of amides is 1. The summed E-state index contributed by atoms with van der Waals surface area (Å²) in [5.41, 5.74) is -1.42. The number of hydrogen-bond donors (Lipinski definition) is 1. The van der Waals surface area contributed by atoms with E-state index in [1.54, 1.807) is 45.0 Å². The maximum Gasteiger partial charge on any atom is 0.345 e. The van der Waals surface area contributed by atoms with Gasteiger partial charge < -0.3 is 24.0 Å². The van der Waals surface area contributed by atoms with Gasteiger partial charge in [-0.15, -0.1) is 0 Å². The summed E-state index contributed by atoms with van der Waals surface area (Å²) in [6.45, 7) is 12.1. The van der Waals surface area contributed by atoms with Gasteiger partial charge in [0.05, 0.1) is 7.11 Å². The molecule has 0 radical (unpaired) electrons. The fraction of sp³-hybridized carbons (Fsp3) is 0.500. The third-order valence-electron chi connectivity index (χ3n) is 4.12. The van der Waals surface area contributed by atoms with Crippen LogP contribution in [0.3, 0.4) is 0 Å². The highest BCUT2D eigenvalue weighted by atomic mass is 28.4. The van der Waals surface area contributed by atoms with E-state index in [9.17, 15) is 14.4 Å². The van der Waals surface area contributed by atoms with Gasteiger partial charge in [0.15, 0.2) is 8.32 Å². The lowest BCUT2D eigenvalue weighted by Crippen LogP contribution is -2.53. The Bertz CT molecular complexity index is 894.